The molecule has 1 fully saturated rings. The Kier molecular flexibility index (Phi) is 19.6. The van der Waals surface area contributed by atoms with E-state index < -0.39 is 0 Å². The Labute approximate surface area is 166 Å². The number of unbranched alkanes of at least 4 members (excludes halogenated alkanes) is 7. The molecule has 0 saturated carbocycles. The fourth-order valence-corrected chi connectivity index (χ4v) is 2.62. The molecule has 1 saturated heterocycles. The zero-order chi connectivity index (χ0) is 16.4. The van der Waals surface area contributed by atoms with Gasteiger partial charge in [-0.25, -0.2) is 12.8 Å². The molecule has 24 heavy (non-hydrogen) atoms. The van der Waals surface area contributed by atoms with Crippen LogP contribution in [0.4, 0.5) is 0 Å². The SMILES string of the molecule is CCCCC=[C-]CC[C-]=CCCCCCCOC1CCCCO1.[Mg+2]. The van der Waals surface area contributed by atoms with Gasteiger partial charge in [0.1, 0.15) is 0 Å². The van der Waals surface area contributed by atoms with Gasteiger partial charge in [0, 0.05) is 13.2 Å². The third-order valence-electron chi connectivity index (χ3n) is 4.09. The summed E-state index contributed by atoms with van der Waals surface area (Å²) in [5, 5.41) is 0. The summed E-state index contributed by atoms with van der Waals surface area (Å²) in [7, 11) is 0. The molecule has 0 aromatic carbocycles. The van der Waals surface area contributed by atoms with Gasteiger partial charge in [0.15, 0.2) is 6.29 Å². The molecule has 134 valence electrons. The quantitative estimate of drug-likeness (QED) is 0.225. The normalized spacial score (nSPS) is 18.3. The van der Waals surface area contributed by atoms with E-state index in [1.807, 2.05) is 0 Å². The Hall–Kier alpha value is 0.166. The van der Waals surface area contributed by atoms with Gasteiger partial charge in [-0.3, -0.25) is 12.2 Å². The second kappa shape index (κ2) is 19.5. The van der Waals surface area contributed by atoms with Gasteiger partial charge in [0.2, 0.25) is 0 Å². The topological polar surface area (TPSA) is 18.5 Å². The first-order valence-corrected chi connectivity index (χ1v) is 9.77. The minimum absolute atomic E-state index is 0. The summed E-state index contributed by atoms with van der Waals surface area (Å²) in [5.41, 5.74) is 0. The van der Waals surface area contributed by atoms with Crippen LogP contribution in [0.3, 0.4) is 0 Å². The summed E-state index contributed by atoms with van der Waals surface area (Å²) in [5.74, 6) is 0. The first-order valence-electron chi connectivity index (χ1n) is 9.77. The fraction of sp³-hybridized carbons (Fsp3) is 0.810. The molecule has 1 aliphatic heterocycles. The van der Waals surface area contributed by atoms with Gasteiger partial charge in [0.05, 0.1) is 0 Å². The van der Waals surface area contributed by atoms with Crippen molar-refractivity contribution in [2.75, 3.05) is 13.2 Å². The molecule has 0 N–H and O–H groups in total. The van der Waals surface area contributed by atoms with Crippen molar-refractivity contribution in [3.63, 3.8) is 0 Å². The van der Waals surface area contributed by atoms with Gasteiger partial charge in [-0.05, 0) is 25.7 Å². The average Bonchev–Trinajstić information content (AvgIpc) is 2.59. The van der Waals surface area contributed by atoms with Crippen molar-refractivity contribution >= 4 is 23.1 Å². The van der Waals surface area contributed by atoms with Crippen molar-refractivity contribution in [3.8, 4) is 0 Å². The maximum Gasteiger partial charge on any atom is 2.00 e. The van der Waals surface area contributed by atoms with Crippen molar-refractivity contribution < 1.29 is 9.47 Å². The van der Waals surface area contributed by atoms with Crippen molar-refractivity contribution in [2.24, 2.45) is 0 Å². The molecular weight excluding hydrogens is 309 g/mol. The molecule has 0 aliphatic carbocycles. The van der Waals surface area contributed by atoms with E-state index in [1.54, 1.807) is 0 Å². The van der Waals surface area contributed by atoms with Crippen LogP contribution >= 0.6 is 0 Å². The Morgan fingerprint density at radius 2 is 1.67 bits per heavy atom. The first-order chi connectivity index (χ1) is 11.4. The summed E-state index contributed by atoms with van der Waals surface area (Å²) in [6.45, 7) is 3.95. The van der Waals surface area contributed by atoms with Crippen molar-refractivity contribution in [1.29, 1.82) is 0 Å². The first kappa shape index (κ1) is 24.2. The molecule has 0 amide bonds. The van der Waals surface area contributed by atoms with Gasteiger partial charge in [0.25, 0.3) is 0 Å². The Bertz CT molecular complexity index is 296. The molecule has 0 aromatic rings. The number of allylic oxidation sites excluding steroid dienone is 4. The number of ether oxygens (including phenoxy) is 2. The van der Waals surface area contributed by atoms with Crippen LogP contribution in [0.15, 0.2) is 12.2 Å². The number of hydrogen-bond donors (Lipinski definition) is 0. The zero-order valence-corrected chi connectivity index (χ0v) is 17.3. The largest absolute Gasteiger partial charge is 2.00 e. The van der Waals surface area contributed by atoms with Gasteiger partial charge in [-0.15, -0.1) is 0 Å². The van der Waals surface area contributed by atoms with Crippen LogP contribution in [0, 0.1) is 12.2 Å². The van der Waals surface area contributed by atoms with Crippen LogP contribution in [0.25, 0.3) is 0 Å². The van der Waals surface area contributed by atoms with E-state index in [0.29, 0.717) is 0 Å². The fourth-order valence-electron chi connectivity index (χ4n) is 2.62. The van der Waals surface area contributed by atoms with Crippen LogP contribution < -0.4 is 0 Å². The Morgan fingerprint density at radius 3 is 2.33 bits per heavy atom. The maximum atomic E-state index is 5.74. The van der Waals surface area contributed by atoms with E-state index in [1.165, 1.54) is 51.4 Å². The van der Waals surface area contributed by atoms with Gasteiger partial charge in [-0.1, -0.05) is 51.9 Å². The summed E-state index contributed by atoms with van der Waals surface area (Å²) in [6.07, 6.45) is 26.6. The van der Waals surface area contributed by atoms with Crippen LogP contribution in [0.5, 0.6) is 0 Å². The van der Waals surface area contributed by atoms with E-state index in [4.69, 9.17) is 9.47 Å². The van der Waals surface area contributed by atoms with Crippen LogP contribution in [0.1, 0.15) is 90.4 Å². The summed E-state index contributed by atoms with van der Waals surface area (Å²) in [6, 6.07) is 0. The molecule has 2 nitrogen and oxygen atoms in total. The van der Waals surface area contributed by atoms with Gasteiger partial charge >= 0.3 is 23.1 Å². The van der Waals surface area contributed by atoms with E-state index in [9.17, 15) is 0 Å². The molecule has 0 radical (unpaired) electrons. The summed E-state index contributed by atoms with van der Waals surface area (Å²) >= 11 is 0. The van der Waals surface area contributed by atoms with Crippen LogP contribution in [-0.4, -0.2) is 42.6 Å². The predicted octanol–water partition coefficient (Wildman–Crippen LogP) is 5.79. The summed E-state index contributed by atoms with van der Waals surface area (Å²) < 4.78 is 11.3. The molecule has 0 spiro atoms. The van der Waals surface area contributed by atoms with E-state index in [-0.39, 0.29) is 29.3 Å². The smallest absolute Gasteiger partial charge is 0.503 e. The molecule has 1 aliphatic rings. The molecule has 0 aromatic heterocycles. The second-order valence-corrected chi connectivity index (χ2v) is 6.33. The minimum atomic E-state index is 0. The van der Waals surface area contributed by atoms with Crippen molar-refractivity contribution in [2.45, 2.75) is 96.7 Å². The molecule has 1 atom stereocenters. The zero-order valence-electron chi connectivity index (χ0n) is 15.9. The van der Waals surface area contributed by atoms with Gasteiger partial charge in [-0.2, -0.15) is 0 Å². The molecule has 1 heterocycles. The monoisotopic (exact) mass is 344 g/mol. The second-order valence-electron chi connectivity index (χ2n) is 6.33. The number of rotatable bonds is 14. The van der Waals surface area contributed by atoms with Crippen LogP contribution in [0.2, 0.25) is 0 Å². The Morgan fingerprint density at radius 1 is 0.958 bits per heavy atom. The average molecular weight is 345 g/mol. The van der Waals surface area contributed by atoms with Gasteiger partial charge < -0.3 is 21.6 Å². The predicted molar refractivity (Wildman–Crippen MR) is 103 cm³/mol. The molecule has 1 unspecified atom stereocenters. The summed E-state index contributed by atoms with van der Waals surface area (Å²) in [4.78, 5) is 0. The number of hydrogen-bond acceptors (Lipinski definition) is 2. The van der Waals surface area contributed by atoms with E-state index in [2.05, 4.69) is 31.2 Å². The van der Waals surface area contributed by atoms with Crippen molar-refractivity contribution in [3.05, 3.63) is 24.3 Å². The standard InChI is InChI=1S/C21H36O2.Mg/c1-2-3-4-5-6-7-8-9-10-11-12-13-14-16-19-22-21-18-15-17-20-23-21;/h5,10,21H,2-4,7-8,11-20H2,1H3;/q-2;+2. The third-order valence-corrected chi connectivity index (χ3v) is 4.09. The molecule has 0 bridgehead atoms. The Balaban J connectivity index is 0.00000529. The molecular formula is C21H36MgO2. The van der Waals surface area contributed by atoms with E-state index >= 15 is 0 Å². The van der Waals surface area contributed by atoms with Crippen molar-refractivity contribution in [1.82, 2.24) is 0 Å². The third kappa shape index (κ3) is 15.7. The minimum Gasteiger partial charge on any atom is -0.503 e. The molecule has 1 rings (SSSR count). The maximum absolute atomic E-state index is 5.74. The van der Waals surface area contributed by atoms with E-state index in [0.717, 1.165) is 45.3 Å². The van der Waals surface area contributed by atoms with Crippen LogP contribution in [-0.2, 0) is 9.47 Å². The molecule has 3 heteroatoms.